The Morgan fingerprint density at radius 2 is 2.30 bits per heavy atom. The quantitative estimate of drug-likeness (QED) is 0.601. The van der Waals surface area contributed by atoms with Crippen molar-refractivity contribution in [3.63, 3.8) is 0 Å². The van der Waals surface area contributed by atoms with Crippen molar-refractivity contribution in [2.75, 3.05) is 5.32 Å². The molecular weight excluding hydrogens is 264 g/mol. The van der Waals surface area contributed by atoms with Gasteiger partial charge in [-0.25, -0.2) is 4.98 Å². The highest BCUT2D eigenvalue weighted by Crippen LogP contribution is 2.11. The molecule has 0 aliphatic rings. The number of pyridine rings is 1. The Morgan fingerprint density at radius 3 is 3.00 bits per heavy atom. The summed E-state index contributed by atoms with van der Waals surface area (Å²) in [5, 5.41) is 15.1. The third kappa shape index (κ3) is 3.98. The van der Waals surface area contributed by atoms with Crippen LogP contribution in [0.1, 0.15) is 12.5 Å². The van der Waals surface area contributed by atoms with E-state index in [4.69, 9.17) is 4.74 Å². The van der Waals surface area contributed by atoms with Gasteiger partial charge in [-0.15, -0.1) is 5.10 Å². The van der Waals surface area contributed by atoms with Crippen LogP contribution in [0.2, 0.25) is 0 Å². The molecule has 1 amide bonds. The Labute approximate surface area is 113 Å². The van der Waals surface area contributed by atoms with Gasteiger partial charge in [-0.1, -0.05) is 5.10 Å². The molecule has 9 heteroatoms. The fraction of sp³-hybridized carbons (Fsp3) is 0.0909. The smallest absolute Gasteiger partial charge is 0.309 e. The predicted molar refractivity (Wildman–Crippen MR) is 67.4 cm³/mol. The Hall–Kier alpha value is -3.10. The van der Waals surface area contributed by atoms with Gasteiger partial charge in [-0.3, -0.25) is 14.9 Å². The Morgan fingerprint density at radius 1 is 1.45 bits per heavy atom. The number of aromatic amines is 1. The summed E-state index contributed by atoms with van der Waals surface area (Å²) in [5.74, 6) is -0.640. The molecular formula is C11H10N6O3. The summed E-state index contributed by atoms with van der Waals surface area (Å²) in [6.45, 7) is 1.28. The van der Waals surface area contributed by atoms with Crippen LogP contribution >= 0.6 is 0 Å². The molecule has 0 bridgehead atoms. The number of hydrogen-bond acceptors (Lipinski definition) is 7. The number of carbonyl (C=O) groups excluding carboxylic acids is 2. The lowest BCUT2D eigenvalue weighted by Crippen LogP contribution is -2.09. The number of anilines is 1. The van der Waals surface area contributed by atoms with Gasteiger partial charge in [0.05, 0.1) is 0 Å². The summed E-state index contributed by atoms with van der Waals surface area (Å²) < 4.78 is 4.83. The van der Waals surface area contributed by atoms with Crippen LogP contribution in [-0.2, 0) is 9.59 Å². The van der Waals surface area contributed by atoms with Crippen LogP contribution in [0.3, 0.4) is 0 Å². The van der Waals surface area contributed by atoms with Crippen LogP contribution in [0.25, 0.3) is 6.08 Å². The predicted octanol–water partition coefficient (Wildman–Crippen LogP) is 0.172. The first-order valence-electron chi connectivity index (χ1n) is 5.50. The van der Waals surface area contributed by atoms with Gasteiger partial charge in [0, 0.05) is 25.3 Å². The number of aromatic nitrogens is 5. The number of nitrogens with zero attached hydrogens (tertiary/aromatic N) is 4. The van der Waals surface area contributed by atoms with E-state index in [0.717, 1.165) is 0 Å². The maximum Gasteiger partial charge on any atom is 0.309 e. The van der Waals surface area contributed by atoms with Gasteiger partial charge in [0.1, 0.15) is 0 Å². The Bertz CT molecular complexity index is 637. The summed E-state index contributed by atoms with van der Waals surface area (Å²) in [5.41, 5.74) is 0.652. The molecule has 102 valence electrons. The molecule has 2 rings (SSSR count). The van der Waals surface area contributed by atoms with E-state index in [9.17, 15) is 9.59 Å². The van der Waals surface area contributed by atoms with Gasteiger partial charge in [0.2, 0.25) is 5.88 Å². The second-order valence-corrected chi connectivity index (χ2v) is 3.58. The van der Waals surface area contributed by atoms with E-state index in [1.54, 1.807) is 6.07 Å². The molecule has 0 radical (unpaired) electrons. The first kappa shape index (κ1) is 13.3. The van der Waals surface area contributed by atoms with Gasteiger partial charge < -0.3 is 4.74 Å². The topological polar surface area (TPSA) is 123 Å². The van der Waals surface area contributed by atoms with Gasteiger partial charge in [-0.05, 0) is 22.9 Å². The molecule has 20 heavy (non-hydrogen) atoms. The van der Waals surface area contributed by atoms with Crippen molar-refractivity contribution in [2.45, 2.75) is 6.92 Å². The molecule has 0 unspecified atom stereocenters. The van der Waals surface area contributed by atoms with Crippen molar-refractivity contribution in [1.29, 1.82) is 0 Å². The number of amides is 1. The summed E-state index contributed by atoms with van der Waals surface area (Å²) >= 11 is 0. The first-order chi connectivity index (χ1) is 9.63. The van der Waals surface area contributed by atoms with E-state index in [1.165, 1.54) is 31.3 Å². The van der Waals surface area contributed by atoms with E-state index in [0.29, 0.717) is 5.56 Å². The van der Waals surface area contributed by atoms with Crippen LogP contribution in [0.5, 0.6) is 5.88 Å². The molecule has 9 nitrogen and oxygen atoms in total. The Kier molecular flexibility index (Phi) is 4.12. The molecule has 0 aliphatic carbocycles. The van der Waals surface area contributed by atoms with Crippen LogP contribution in [0.15, 0.2) is 24.4 Å². The number of tetrazole rings is 1. The fourth-order valence-electron chi connectivity index (χ4n) is 1.27. The van der Waals surface area contributed by atoms with Gasteiger partial charge in [-0.2, -0.15) is 5.21 Å². The molecule has 0 atom stereocenters. The monoisotopic (exact) mass is 274 g/mol. The number of rotatable bonds is 4. The second kappa shape index (κ2) is 6.18. The van der Waals surface area contributed by atoms with E-state index in [2.05, 4.69) is 30.9 Å². The van der Waals surface area contributed by atoms with Crippen molar-refractivity contribution in [1.82, 2.24) is 25.6 Å². The van der Waals surface area contributed by atoms with Crippen LogP contribution in [-0.4, -0.2) is 37.5 Å². The molecule has 0 saturated carbocycles. The molecule has 2 heterocycles. The largest absolute Gasteiger partial charge is 0.408 e. The van der Waals surface area contributed by atoms with Crippen molar-refractivity contribution < 1.29 is 14.3 Å². The maximum atomic E-state index is 11.5. The summed E-state index contributed by atoms with van der Waals surface area (Å²) in [7, 11) is 0. The fourth-order valence-corrected chi connectivity index (χ4v) is 1.27. The van der Waals surface area contributed by atoms with Crippen LogP contribution in [0, 0.1) is 0 Å². The van der Waals surface area contributed by atoms with Crippen molar-refractivity contribution >= 4 is 23.9 Å². The number of esters is 1. The lowest BCUT2D eigenvalue weighted by Gasteiger charge is -2.00. The molecule has 0 aromatic carbocycles. The minimum atomic E-state index is -0.464. The highest BCUT2D eigenvalue weighted by Gasteiger charge is 2.02. The van der Waals surface area contributed by atoms with E-state index in [-0.39, 0.29) is 11.8 Å². The lowest BCUT2D eigenvalue weighted by molar-refractivity contribution is -0.132. The van der Waals surface area contributed by atoms with E-state index in [1.807, 2.05) is 0 Å². The maximum absolute atomic E-state index is 11.5. The highest BCUT2D eigenvalue weighted by atomic mass is 16.5. The first-order valence-corrected chi connectivity index (χ1v) is 5.50. The molecule has 0 saturated heterocycles. The minimum Gasteiger partial charge on any atom is -0.408 e. The summed E-state index contributed by atoms with van der Waals surface area (Å²) in [6.07, 6.45) is 4.28. The number of hydrogen-bond donors (Lipinski definition) is 2. The van der Waals surface area contributed by atoms with Crippen molar-refractivity contribution in [2.24, 2.45) is 0 Å². The molecule has 2 aromatic rings. The normalized spacial score (nSPS) is 10.4. The van der Waals surface area contributed by atoms with E-state index >= 15 is 0 Å². The zero-order valence-electron chi connectivity index (χ0n) is 10.4. The summed E-state index contributed by atoms with van der Waals surface area (Å²) in [6, 6.07) is 3.19. The second-order valence-electron chi connectivity index (χ2n) is 3.58. The molecule has 0 spiro atoms. The highest BCUT2D eigenvalue weighted by molar-refractivity contribution is 6.00. The molecule has 2 aromatic heterocycles. The average molecular weight is 274 g/mol. The SMILES string of the molecule is CC(=O)Oc1cc(C=CC(=O)Nc2nn[nH]n2)ccn1. The van der Waals surface area contributed by atoms with Crippen molar-refractivity contribution in [3.8, 4) is 5.88 Å². The Balaban J connectivity index is 2.00. The van der Waals surface area contributed by atoms with Crippen LogP contribution < -0.4 is 10.1 Å². The standard InChI is InChI=1S/C11H10N6O3/c1-7(18)20-10-6-8(4-5-12-10)2-3-9(19)13-11-14-16-17-15-11/h2-6H,1H3,(H2,13,14,15,16,17,19). The number of carbonyl (C=O) groups is 2. The average Bonchev–Trinajstić information content (AvgIpc) is 2.89. The minimum absolute atomic E-state index is 0.0787. The van der Waals surface area contributed by atoms with Crippen LogP contribution in [0.4, 0.5) is 5.95 Å². The lowest BCUT2D eigenvalue weighted by atomic mass is 10.2. The van der Waals surface area contributed by atoms with Crippen molar-refractivity contribution in [3.05, 3.63) is 30.0 Å². The van der Waals surface area contributed by atoms with E-state index < -0.39 is 11.9 Å². The van der Waals surface area contributed by atoms with Gasteiger partial charge in [0.25, 0.3) is 11.9 Å². The number of ether oxygens (including phenoxy) is 1. The van der Waals surface area contributed by atoms with Gasteiger partial charge >= 0.3 is 5.97 Å². The zero-order chi connectivity index (χ0) is 14.4. The molecule has 2 N–H and O–H groups in total. The third-order valence-electron chi connectivity index (χ3n) is 2.01. The van der Waals surface area contributed by atoms with Gasteiger partial charge in [0.15, 0.2) is 0 Å². The summed E-state index contributed by atoms with van der Waals surface area (Å²) in [4.78, 5) is 26.2. The molecule has 0 fully saturated rings. The number of H-pyrrole nitrogens is 1. The molecule has 0 aliphatic heterocycles. The number of nitrogens with one attached hydrogen (secondary N) is 2. The zero-order valence-corrected chi connectivity index (χ0v) is 10.4. The third-order valence-corrected chi connectivity index (χ3v) is 2.01.